The number of likely N-dealkylation sites (N-methyl/N-ethyl adjacent to an activating group) is 1. The number of fused-ring (bicyclic) bond motifs is 1. The van der Waals surface area contributed by atoms with Crippen LogP contribution >= 0.6 is 11.6 Å². The molecular weight excluding hydrogens is 492 g/mol. The Morgan fingerprint density at radius 1 is 1.16 bits per heavy atom. The van der Waals surface area contributed by atoms with Gasteiger partial charge in [0.15, 0.2) is 0 Å². The van der Waals surface area contributed by atoms with Gasteiger partial charge in [0.1, 0.15) is 5.82 Å². The van der Waals surface area contributed by atoms with Gasteiger partial charge in [0.25, 0.3) is 11.2 Å². The number of para-hydroxylation sites is 1. The lowest BCUT2D eigenvalue weighted by Crippen LogP contribution is -2.36. The Morgan fingerprint density at radius 3 is 2.51 bits per heavy atom. The van der Waals surface area contributed by atoms with E-state index >= 15 is 0 Å². The van der Waals surface area contributed by atoms with Gasteiger partial charge in [-0.1, -0.05) is 23.7 Å². The lowest BCUT2D eigenvalue weighted by atomic mass is 10.1. The van der Waals surface area contributed by atoms with E-state index in [4.69, 9.17) is 16.6 Å². The van der Waals surface area contributed by atoms with Crippen LogP contribution in [0.25, 0.3) is 22.7 Å². The molecule has 0 aliphatic carbocycles. The molecule has 0 N–H and O–H groups in total. The molecule has 1 aromatic heterocycles. The lowest BCUT2D eigenvalue weighted by Gasteiger charge is -2.29. The number of carbonyl (C=O) groups is 1. The second-order valence-corrected chi connectivity index (χ2v) is 8.98. The monoisotopic (exact) mass is 516 g/mol. The normalized spacial score (nSPS) is 12.1. The molecular formula is C28H25ClN4O4. The second kappa shape index (κ2) is 10.8. The van der Waals surface area contributed by atoms with Crippen LogP contribution in [0.2, 0.25) is 5.02 Å². The predicted octanol–water partition coefficient (Wildman–Crippen LogP) is 5.88. The van der Waals surface area contributed by atoms with Crippen LogP contribution in [-0.2, 0) is 4.79 Å². The second-order valence-electron chi connectivity index (χ2n) is 8.54. The van der Waals surface area contributed by atoms with Crippen molar-refractivity contribution in [3.63, 3.8) is 0 Å². The van der Waals surface area contributed by atoms with E-state index in [1.165, 1.54) is 18.2 Å². The van der Waals surface area contributed by atoms with Gasteiger partial charge in [-0.3, -0.25) is 24.3 Å². The Labute approximate surface area is 218 Å². The number of non-ortho nitro benzene ring substituents is 1. The van der Waals surface area contributed by atoms with E-state index in [0.29, 0.717) is 39.5 Å². The molecule has 4 aromatic rings. The van der Waals surface area contributed by atoms with Gasteiger partial charge in [-0.2, -0.15) is 0 Å². The first-order valence-electron chi connectivity index (χ1n) is 11.7. The number of nitro groups is 1. The number of halogens is 1. The minimum absolute atomic E-state index is 0.0230. The Bertz CT molecular complexity index is 1580. The molecule has 3 aromatic carbocycles. The Balaban J connectivity index is 1.76. The molecule has 9 heteroatoms. The van der Waals surface area contributed by atoms with Crippen molar-refractivity contribution in [1.82, 2.24) is 14.5 Å². The van der Waals surface area contributed by atoms with E-state index in [1.807, 2.05) is 26.8 Å². The third-order valence-corrected chi connectivity index (χ3v) is 6.42. The molecule has 0 fully saturated rings. The first-order chi connectivity index (χ1) is 17.7. The molecule has 1 atom stereocenters. The maximum atomic E-state index is 13.7. The van der Waals surface area contributed by atoms with E-state index in [0.717, 1.165) is 5.56 Å². The minimum Gasteiger partial charge on any atom is -0.330 e. The molecule has 8 nitrogen and oxygen atoms in total. The number of carbonyl (C=O) groups excluding carboxylic acids is 1. The number of aromatic nitrogens is 2. The Morgan fingerprint density at radius 2 is 1.86 bits per heavy atom. The molecule has 1 unspecified atom stereocenters. The van der Waals surface area contributed by atoms with Gasteiger partial charge in [-0.15, -0.1) is 0 Å². The molecule has 0 saturated carbocycles. The van der Waals surface area contributed by atoms with Gasteiger partial charge in [-0.05, 0) is 80.4 Å². The van der Waals surface area contributed by atoms with Crippen LogP contribution in [0, 0.1) is 17.0 Å². The van der Waals surface area contributed by atoms with Crippen molar-refractivity contribution in [2.75, 3.05) is 6.54 Å². The number of nitro benzene ring substituents is 1. The summed E-state index contributed by atoms with van der Waals surface area (Å²) in [7, 11) is 0. The zero-order valence-corrected chi connectivity index (χ0v) is 21.3. The van der Waals surface area contributed by atoms with Gasteiger partial charge in [-0.25, -0.2) is 4.98 Å². The molecule has 4 rings (SSSR count). The summed E-state index contributed by atoms with van der Waals surface area (Å²) in [5, 5.41) is 11.9. The van der Waals surface area contributed by atoms with E-state index in [-0.39, 0.29) is 17.2 Å². The smallest absolute Gasteiger partial charge is 0.269 e. The number of benzene rings is 3. The highest BCUT2D eigenvalue weighted by Crippen LogP contribution is 2.26. The first-order valence-corrected chi connectivity index (χ1v) is 12.1. The van der Waals surface area contributed by atoms with Crippen LogP contribution in [-0.4, -0.2) is 31.8 Å². The van der Waals surface area contributed by atoms with Crippen LogP contribution in [0.15, 0.2) is 77.6 Å². The number of hydrogen-bond donors (Lipinski definition) is 0. The van der Waals surface area contributed by atoms with Gasteiger partial charge < -0.3 is 4.90 Å². The van der Waals surface area contributed by atoms with Gasteiger partial charge in [0, 0.05) is 29.8 Å². The van der Waals surface area contributed by atoms with Crippen molar-refractivity contribution in [2.45, 2.75) is 26.8 Å². The van der Waals surface area contributed by atoms with Crippen LogP contribution in [0.4, 0.5) is 5.69 Å². The highest BCUT2D eigenvalue weighted by molar-refractivity contribution is 6.30. The molecule has 0 bridgehead atoms. The van der Waals surface area contributed by atoms with E-state index < -0.39 is 11.0 Å². The maximum Gasteiger partial charge on any atom is 0.269 e. The number of hydrogen-bond acceptors (Lipinski definition) is 5. The zero-order valence-electron chi connectivity index (χ0n) is 20.6. The summed E-state index contributed by atoms with van der Waals surface area (Å²) in [5.74, 6) is 0.142. The van der Waals surface area contributed by atoms with Crippen molar-refractivity contribution in [1.29, 1.82) is 0 Å². The van der Waals surface area contributed by atoms with Crippen LogP contribution in [0.1, 0.15) is 36.8 Å². The molecule has 37 heavy (non-hydrogen) atoms. The van der Waals surface area contributed by atoms with Crippen molar-refractivity contribution < 1.29 is 9.72 Å². The number of nitrogens with zero attached hydrogens (tertiary/aromatic N) is 4. The van der Waals surface area contributed by atoms with Gasteiger partial charge in [0.05, 0.1) is 27.6 Å². The maximum absolute atomic E-state index is 13.7. The average Bonchev–Trinajstić information content (AvgIpc) is 2.88. The summed E-state index contributed by atoms with van der Waals surface area (Å²) in [6.07, 6.45) is 3.02. The molecule has 0 aliphatic rings. The molecule has 0 radical (unpaired) electrons. The lowest BCUT2D eigenvalue weighted by molar-refractivity contribution is -0.384. The summed E-state index contributed by atoms with van der Waals surface area (Å²) in [5.41, 5.74) is 2.38. The quantitative estimate of drug-likeness (QED) is 0.173. The summed E-state index contributed by atoms with van der Waals surface area (Å²) >= 11 is 6.17. The fourth-order valence-corrected chi connectivity index (χ4v) is 4.49. The van der Waals surface area contributed by atoms with Crippen LogP contribution < -0.4 is 5.56 Å². The van der Waals surface area contributed by atoms with Gasteiger partial charge >= 0.3 is 0 Å². The third-order valence-electron chi connectivity index (χ3n) is 6.19. The fourth-order valence-electron chi connectivity index (χ4n) is 4.26. The fraction of sp³-hybridized carbons (Fsp3) is 0.179. The van der Waals surface area contributed by atoms with Crippen molar-refractivity contribution in [3.8, 4) is 5.69 Å². The zero-order chi connectivity index (χ0) is 26.7. The highest BCUT2D eigenvalue weighted by atomic mass is 35.5. The van der Waals surface area contributed by atoms with E-state index in [2.05, 4.69) is 0 Å². The highest BCUT2D eigenvalue weighted by Gasteiger charge is 2.25. The molecule has 0 spiro atoms. The Kier molecular flexibility index (Phi) is 7.50. The topological polar surface area (TPSA) is 98.3 Å². The predicted molar refractivity (Wildman–Crippen MR) is 145 cm³/mol. The van der Waals surface area contributed by atoms with Crippen molar-refractivity contribution >= 4 is 40.2 Å². The van der Waals surface area contributed by atoms with E-state index in [1.54, 1.807) is 64.1 Å². The van der Waals surface area contributed by atoms with Crippen LogP contribution in [0.5, 0.6) is 0 Å². The summed E-state index contributed by atoms with van der Waals surface area (Å²) in [4.78, 5) is 43.8. The molecule has 1 amide bonds. The third kappa shape index (κ3) is 5.29. The van der Waals surface area contributed by atoms with E-state index in [9.17, 15) is 19.7 Å². The van der Waals surface area contributed by atoms with Gasteiger partial charge in [0.2, 0.25) is 5.91 Å². The standard InChI is InChI=1S/C28H25ClN4O4/c1-4-31(26(34)16-11-20-9-13-22(14-10-20)33(36)37)19(3)27-30-24-8-6-5-7-23(24)28(35)32(27)25-15-12-21(29)17-18(25)2/h5-17,19H,4H2,1-3H3/b16-11+. The summed E-state index contributed by atoms with van der Waals surface area (Å²) < 4.78 is 1.55. The summed E-state index contributed by atoms with van der Waals surface area (Å²) in [6, 6.07) is 17.8. The molecule has 0 aliphatic heterocycles. The first kappa shape index (κ1) is 25.8. The number of amides is 1. The minimum atomic E-state index is -0.550. The largest absolute Gasteiger partial charge is 0.330 e. The molecule has 188 valence electrons. The molecule has 0 saturated heterocycles. The van der Waals surface area contributed by atoms with Crippen molar-refractivity contribution in [3.05, 3.63) is 115 Å². The Hall–Kier alpha value is -4.30. The average molecular weight is 517 g/mol. The van der Waals surface area contributed by atoms with Crippen molar-refractivity contribution in [2.24, 2.45) is 0 Å². The van der Waals surface area contributed by atoms with Crippen LogP contribution in [0.3, 0.4) is 0 Å². The molecule has 1 heterocycles. The number of rotatable bonds is 7. The number of aryl methyl sites for hydroxylation is 1. The SMILES string of the molecule is CCN(C(=O)/C=C/c1ccc([N+](=O)[O-])cc1)C(C)c1nc2ccccc2c(=O)n1-c1ccc(Cl)cc1C. The summed E-state index contributed by atoms with van der Waals surface area (Å²) in [6.45, 7) is 5.92.